The molecule has 0 amide bonds. The van der Waals surface area contributed by atoms with Crippen LogP contribution in [0, 0.1) is 5.92 Å². The van der Waals surface area contributed by atoms with Gasteiger partial charge in [0.05, 0.1) is 24.3 Å². The third-order valence-corrected chi connectivity index (χ3v) is 11.9. The van der Waals surface area contributed by atoms with E-state index >= 15 is 0 Å². The van der Waals surface area contributed by atoms with Crippen LogP contribution in [0.4, 0.5) is 0 Å². The van der Waals surface area contributed by atoms with Crippen molar-refractivity contribution in [1.82, 2.24) is 0 Å². The molecule has 40 heavy (non-hydrogen) atoms. The molecular weight excluding hydrogens is 537 g/mol. The monoisotopic (exact) mass is 577 g/mol. The van der Waals surface area contributed by atoms with E-state index in [9.17, 15) is 9.59 Å². The van der Waals surface area contributed by atoms with Gasteiger partial charge in [-0.05, 0) is 104 Å². The Labute approximate surface area is 241 Å². The van der Waals surface area contributed by atoms with Gasteiger partial charge in [-0.2, -0.15) is 0 Å². The molecule has 3 aromatic carbocycles. The molecule has 1 atom stereocenters. The maximum atomic E-state index is 12.6. The summed E-state index contributed by atoms with van der Waals surface area (Å²) in [5, 5.41) is 0. The summed E-state index contributed by atoms with van der Waals surface area (Å²) in [4.78, 5) is 24.9. The smallest absolute Gasteiger partial charge is 0.343 e. The molecule has 0 saturated carbocycles. The highest BCUT2D eigenvalue weighted by Crippen LogP contribution is 2.24. The summed E-state index contributed by atoms with van der Waals surface area (Å²) in [6.07, 6.45) is 1.91. The Morgan fingerprint density at radius 3 is 1.90 bits per heavy atom. The molecule has 0 aliphatic rings. The lowest BCUT2D eigenvalue weighted by atomic mass is 10.0. The molecule has 0 heterocycles. The summed E-state index contributed by atoms with van der Waals surface area (Å²) in [5.41, 5.74) is 2.88. The lowest BCUT2D eigenvalue weighted by Gasteiger charge is -2.25. The van der Waals surface area contributed by atoms with Crippen molar-refractivity contribution in [2.24, 2.45) is 5.92 Å². The minimum absolute atomic E-state index is 0.313. The van der Waals surface area contributed by atoms with Gasteiger partial charge in [0.1, 0.15) is 11.5 Å². The second-order valence-corrected chi connectivity index (χ2v) is 17.5. The van der Waals surface area contributed by atoms with Crippen molar-refractivity contribution in [3.05, 3.63) is 83.9 Å². The highest BCUT2D eigenvalue weighted by atomic mass is 28.4. The zero-order chi connectivity index (χ0) is 29.1. The van der Waals surface area contributed by atoms with Crippen LogP contribution in [0.15, 0.2) is 72.8 Å². The van der Waals surface area contributed by atoms with Crippen molar-refractivity contribution in [2.75, 3.05) is 13.2 Å². The number of hydrogen-bond acceptors (Lipinski definition) is 6. The van der Waals surface area contributed by atoms with Crippen LogP contribution in [0.1, 0.15) is 47.4 Å². The van der Waals surface area contributed by atoms with E-state index in [0.29, 0.717) is 36.0 Å². The molecular formula is C32H41O6Si2. The molecule has 0 spiro atoms. The van der Waals surface area contributed by atoms with Gasteiger partial charge in [0.15, 0.2) is 17.4 Å². The van der Waals surface area contributed by atoms with Gasteiger partial charge in [-0.1, -0.05) is 44.5 Å². The zero-order valence-electron chi connectivity index (χ0n) is 24.5. The van der Waals surface area contributed by atoms with Crippen molar-refractivity contribution < 1.29 is 27.9 Å². The lowest BCUT2D eigenvalue weighted by molar-refractivity contribution is 0.0447. The molecule has 8 heteroatoms. The predicted molar refractivity (Wildman–Crippen MR) is 164 cm³/mol. The fourth-order valence-electron chi connectivity index (χ4n) is 4.08. The summed E-state index contributed by atoms with van der Waals surface area (Å²) in [6.45, 7) is 14.0. The molecule has 6 nitrogen and oxygen atoms in total. The van der Waals surface area contributed by atoms with Gasteiger partial charge < -0.3 is 18.3 Å². The Morgan fingerprint density at radius 2 is 1.32 bits per heavy atom. The topological polar surface area (TPSA) is 71.1 Å². The predicted octanol–water partition coefficient (Wildman–Crippen LogP) is 8.02. The number of hydrogen-bond donors (Lipinski definition) is 0. The third-order valence-electron chi connectivity index (χ3n) is 6.48. The van der Waals surface area contributed by atoms with Gasteiger partial charge in [-0.25, -0.2) is 9.59 Å². The Morgan fingerprint density at radius 1 is 0.800 bits per heavy atom. The van der Waals surface area contributed by atoms with Crippen molar-refractivity contribution in [2.45, 2.75) is 58.9 Å². The molecule has 0 fully saturated rings. The van der Waals surface area contributed by atoms with E-state index in [1.54, 1.807) is 48.5 Å². The number of carbonyl (C=O) groups is 2. The first-order valence-electron chi connectivity index (χ1n) is 13.9. The van der Waals surface area contributed by atoms with Crippen molar-refractivity contribution in [3.8, 4) is 22.6 Å². The first-order valence-corrected chi connectivity index (χ1v) is 19.4. The fourth-order valence-corrected chi connectivity index (χ4v) is 9.90. The number of benzene rings is 3. The lowest BCUT2D eigenvalue weighted by Crippen LogP contribution is -2.35. The van der Waals surface area contributed by atoms with Crippen LogP contribution in [0.25, 0.3) is 11.1 Å². The molecule has 0 saturated heterocycles. The maximum Gasteiger partial charge on any atom is 0.343 e. The first-order chi connectivity index (χ1) is 19.1. The van der Waals surface area contributed by atoms with Crippen LogP contribution in [0.3, 0.4) is 0 Å². The van der Waals surface area contributed by atoms with Gasteiger partial charge in [0.25, 0.3) is 0 Å². The van der Waals surface area contributed by atoms with Crippen LogP contribution in [-0.4, -0.2) is 42.5 Å². The Kier molecular flexibility index (Phi) is 11.7. The fraction of sp³-hybridized carbons (Fsp3) is 0.375. The first kappa shape index (κ1) is 31.3. The molecule has 0 aliphatic heterocycles. The van der Waals surface area contributed by atoms with E-state index in [-0.39, 0.29) is 5.97 Å². The Hall–Kier alpha value is -3.21. The van der Waals surface area contributed by atoms with Gasteiger partial charge in [-0.3, -0.25) is 0 Å². The van der Waals surface area contributed by atoms with Gasteiger partial charge in [-0.15, -0.1) is 0 Å². The SMILES string of the molecule is CC[C@H](C)COC(=O)c1ccc(-c2ccc(OC(=O)c3ccc(OCCC[Si](C)(C)O[Si](C)C)cc3)cc2)cc1. The molecule has 213 valence electrons. The molecule has 3 aromatic rings. The molecule has 0 bridgehead atoms. The summed E-state index contributed by atoms with van der Waals surface area (Å²) in [7, 11) is -2.29. The second kappa shape index (κ2) is 15.0. The molecule has 1 radical (unpaired) electrons. The normalized spacial score (nSPS) is 12.2. The van der Waals surface area contributed by atoms with Crippen LogP contribution >= 0.6 is 0 Å². The molecule has 0 aromatic heterocycles. The number of ether oxygens (including phenoxy) is 3. The Balaban J connectivity index is 1.48. The standard InChI is InChI=1S/C32H41O6Si2/c1-7-24(2)23-36-31(33)27-11-9-25(10-12-27)26-13-19-30(20-14-26)37-32(34)28-15-17-29(18-16-28)35-21-8-22-40(5,6)38-39(3)4/h9-20,24H,7-8,21-23H2,1-6H3/t24-/m0/s1. The largest absolute Gasteiger partial charge is 0.494 e. The van der Waals surface area contributed by atoms with E-state index < -0.39 is 23.3 Å². The van der Waals surface area contributed by atoms with Gasteiger partial charge in [0, 0.05) is 0 Å². The minimum atomic E-state index is -1.62. The van der Waals surface area contributed by atoms with Crippen molar-refractivity contribution in [3.63, 3.8) is 0 Å². The summed E-state index contributed by atoms with van der Waals surface area (Å²) in [5.74, 6) is 0.784. The highest BCUT2D eigenvalue weighted by Gasteiger charge is 2.23. The molecule has 3 rings (SSSR count). The molecule has 0 unspecified atom stereocenters. The van der Waals surface area contributed by atoms with Crippen molar-refractivity contribution in [1.29, 1.82) is 0 Å². The van der Waals surface area contributed by atoms with Crippen LogP contribution in [0.5, 0.6) is 11.5 Å². The highest BCUT2D eigenvalue weighted by molar-refractivity contribution is 6.77. The van der Waals surface area contributed by atoms with E-state index in [2.05, 4.69) is 40.0 Å². The van der Waals surface area contributed by atoms with Crippen LogP contribution < -0.4 is 9.47 Å². The number of carbonyl (C=O) groups excluding carboxylic acids is 2. The number of esters is 2. The van der Waals surface area contributed by atoms with E-state index in [0.717, 1.165) is 35.8 Å². The molecule has 0 N–H and O–H groups in total. The van der Waals surface area contributed by atoms with E-state index in [1.165, 1.54) is 0 Å². The van der Waals surface area contributed by atoms with Gasteiger partial charge >= 0.3 is 11.9 Å². The quantitative estimate of drug-likeness (QED) is 0.0836. The molecule has 0 aliphatic carbocycles. The van der Waals surface area contributed by atoms with E-state index in [4.69, 9.17) is 18.3 Å². The Bertz CT molecular complexity index is 1220. The average molecular weight is 578 g/mol. The van der Waals surface area contributed by atoms with E-state index in [1.807, 2.05) is 24.3 Å². The van der Waals surface area contributed by atoms with Crippen molar-refractivity contribution >= 4 is 29.3 Å². The zero-order valence-corrected chi connectivity index (χ0v) is 26.5. The second-order valence-electron chi connectivity index (χ2n) is 10.8. The maximum absolute atomic E-state index is 12.6. The minimum Gasteiger partial charge on any atom is -0.494 e. The summed E-state index contributed by atoms with van der Waals surface area (Å²) in [6, 6.07) is 22.7. The summed E-state index contributed by atoms with van der Waals surface area (Å²) >= 11 is 0. The average Bonchev–Trinajstić information content (AvgIpc) is 2.94. The number of rotatable bonds is 14. The van der Waals surface area contributed by atoms with Crippen LogP contribution in [-0.2, 0) is 8.85 Å². The van der Waals surface area contributed by atoms with Gasteiger partial charge in [0.2, 0.25) is 0 Å². The summed E-state index contributed by atoms with van der Waals surface area (Å²) < 4.78 is 22.9. The van der Waals surface area contributed by atoms with Crippen LogP contribution in [0.2, 0.25) is 32.2 Å². The third kappa shape index (κ3) is 10.1.